The number of carbonyl (C=O) groups is 2. The van der Waals surface area contributed by atoms with Gasteiger partial charge in [0.25, 0.3) is 5.91 Å². The Bertz CT molecular complexity index is 3530. The highest BCUT2D eigenvalue weighted by Gasteiger charge is 2.18. The third-order valence-corrected chi connectivity index (χ3v) is 12.1. The lowest BCUT2D eigenvalue weighted by atomic mass is 10.1. The number of fused-ring (bicyclic) bond motifs is 4. The van der Waals surface area contributed by atoms with Crippen molar-refractivity contribution in [2.45, 2.75) is 61.3 Å². The summed E-state index contributed by atoms with van der Waals surface area (Å²) in [6.45, 7) is 9.76. The number of carbonyl (C=O) groups excluding carboxylic acids is 1. The lowest BCUT2D eigenvalue weighted by Crippen LogP contribution is -2.24. The smallest absolute Gasteiger partial charge is 0.337 e. The number of hydrogen-bond acceptors (Lipinski definition) is 11. The van der Waals surface area contributed by atoms with Gasteiger partial charge in [-0.05, 0) is 134 Å². The number of aryl methyl sites for hydroxylation is 4. The van der Waals surface area contributed by atoms with Gasteiger partial charge in [-0.15, -0.1) is 0 Å². The molecular weight excluding hydrogens is 924 g/mol. The number of hydrogen-bond donors (Lipinski definition) is 5. The Labute approximate surface area is 414 Å². The normalized spacial score (nSPS) is 10.9. The summed E-state index contributed by atoms with van der Waals surface area (Å²) >= 11 is 12.1. The Hall–Kier alpha value is -7.98. The Morgan fingerprint density at radius 1 is 0.643 bits per heavy atom. The van der Waals surface area contributed by atoms with E-state index in [1.807, 2.05) is 110 Å². The second-order valence-electron chi connectivity index (χ2n) is 16.5. The molecule has 0 saturated carbocycles. The first-order chi connectivity index (χ1) is 33.1. The Balaban J connectivity index is 0.000000174. The molecule has 0 spiro atoms. The van der Waals surface area contributed by atoms with Crippen LogP contribution in [0.2, 0.25) is 10.0 Å². The fourth-order valence-corrected chi connectivity index (χ4v) is 8.68. The van der Waals surface area contributed by atoms with Crippen LogP contribution in [0.25, 0.3) is 43.9 Å². The van der Waals surface area contributed by atoms with Crippen molar-refractivity contribution in [1.82, 2.24) is 44.4 Å². The third-order valence-electron chi connectivity index (χ3n) is 11.7. The summed E-state index contributed by atoms with van der Waals surface area (Å²) in [7, 11) is 0. The van der Waals surface area contributed by atoms with E-state index in [2.05, 4.69) is 41.3 Å². The average Bonchev–Trinajstić information content (AvgIpc) is 3.87. The molecule has 8 N–H and O–H groups in total. The lowest BCUT2D eigenvalue weighted by molar-refractivity contribution is 0.0698. The van der Waals surface area contributed by atoms with Crippen LogP contribution in [0.3, 0.4) is 0 Å². The number of nitrogens with one attached hydrogen (secondary N) is 1. The molecule has 356 valence electrons. The van der Waals surface area contributed by atoms with Crippen LogP contribution in [0.1, 0.15) is 72.9 Å². The summed E-state index contributed by atoms with van der Waals surface area (Å²) in [6, 6.07) is 26.6. The molecule has 0 aliphatic carbocycles. The van der Waals surface area contributed by atoms with E-state index in [1.54, 1.807) is 43.1 Å². The van der Waals surface area contributed by atoms with Crippen LogP contribution in [0.15, 0.2) is 122 Å². The van der Waals surface area contributed by atoms with Gasteiger partial charge in [-0.3, -0.25) is 14.8 Å². The van der Waals surface area contributed by atoms with Crippen molar-refractivity contribution < 1.29 is 14.7 Å². The van der Waals surface area contributed by atoms with Gasteiger partial charge in [-0.25, -0.2) is 24.7 Å². The molecule has 10 aromatic rings. The van der Waals surface area contributed by atoms with Crippen LogP contribution < -0.4 is 22.5 Å². The number of nitrogen functional groups attached to an aromatic ring is 2. The summed E-state index contributed by atoms with van der Waals surface area (Å²) in [4.78, 5) is 50.5. The minimum Gasteiger partial charge on any atom is -0.478 e. The van der Waals surface area contributed by atoms with Gasteiger partial charge in [0, 0.05) is 96.3 Å². The van der Waals surface area contributed by atoms with Crippen molar-refractivity contribution in [3.05, 3.63) is 188 Å². The van der Waals surface area contributed by atoms with Crippen molar-refractivity contribution in [2.24, 2.45) is 5.73 Å². The zero-order valence-corrected chi connectivity index (χ0v) is 39.7. The molecule has 10 rings (SSSR count). The maximum atomic E-state index is 13.2. The predicted molar refractivity (Wildman–Crippen MR) is 280 cm³/mol. The summed E-state index contributed by atoms with van der Waals surface area (Å²) < 4.78 is 3.84. The topological polar surface area (TPSA) is 232 Å². The summed E-state index contributed by atoms with van der Waals surface area (Å²) in [5.41, 5.74) is 28.9. The van der Waals surface area contributed by atoms with Crippen LogP contribution in [0.5, 0.6) is 0 Å². The largest absolute Gasteiger partial charge is 0.478 e. The third kappa shape index (κ3) is 11.1. The lowest BCUT2D eigenvalue weighted by Gasteiger charge is -2.11. The minimum absolute atomic E-state index is 0. The number of pyridine rings is 6. The summed E-state index contributed by atoms with van der Waals surface area (Å²) in [5.74, 6) is -0.0775. The molecule has 0 bridgehead atoms. The molecule has 70 heavy (non-hydrogen) atoms. The zero-order valence-electron chi connectivity index (χ0n) is 38.2. The van der Waals surface area contributed by atoms with E-state index in [0.29, 0.717) is 64.5 Å². The summed E-state index contributed by atoms with van der Waals surface area (Å²) in [6.07, 6.45) is 10.1. The number of rotatable bonds is 9. The standard InChI is InChI=1S/C26H23ClN6O.C18H12ClN3O2.C8H13N3.CH4/c1-15-8-24(28)32-16(2)21(15)12-31-26(34)22-14-33(25-20(22)4-3-7-29-25)13-17-5-6-23-18(9-17)10-19(27)11-30-23;19-13-7-12-6-11(3-4-16(12)21-8-13)9-22-10-15(18(23)24)14-2-1-5-20-17(14)22;1-5-3-8(10)11-6(2)7(5)4-9;/h3-11,14H,12-13H2,1-2H3,(H2,28,32)(H,31,34);1-8,10H,9H2,(H,23,24);3H,4,9H2,1-2H3,(H2,10,11);1H4. The van der Waals surface area contributed by atoms with Crippen LogP contribution >= 0.6 is 23.2 Å². The average molecular weight is 976 g/mol. The quantitative estimate of drug-likeness (QED) is 0.0909. The number of nitrogens with two attached hydrogens (primary N) is 3. The molecule has 1 amide bonds. The fourth-order valence-electron chi connectivity index (χ4n) is 8.35. The molecule has 0 atom stereocenters. The van der Waals surface area contributed by atoms with E-state index in [4.69, 9.17) is 40.4 Å². The number of aromatic nitrogens is 8. The Morgan fingerprint density at radius 3 is 1.59 bits per heavy atom. The molecule has 0 aliphatic heterocycles. The van der Waals surface area contributed by atoms with Crippen molar-refractivity contribution in [3.63, 3.8) is 0 Å². The van der Waals surface area contributed by atoms with Crippen LogP contribution in [0.4, 0.5) is 11.6 Å². The minimum atomic E-state index is -0.957. The number of aromatic carboxylic acids is 1. The van der Waals surface area contributed by atoms with Crippen LogP contribution in [0, 0.1) is 27.7 Å². The summed E-state index contributed by atoms with van der Waals surface area (Å²) in [5, 5.41) is 16.9. The maximum Gasteiger partial charge on any atom is 0.337 e. The number of anilines is 2. The number of nitrogens with zero attached hydrogens (tertiary/aromatic N) is 8. The van der Waals surface area contributed by atoms with E-state index in [1.165, 1.54) is 0 Å². The van der Waals surface area contributed by atoms with Crippen molar-refractivity contribution in [1.29, 1.82) is 0 Å². The SMILES string of the molecule is C.Cc1cc(N)nc(C)c1CN.Cc1cc(N)nc(C)c1CNC(=O)c1cn(Cc2ccc3ncc(Cl)cc3c2)c2ncccc12.O=C(O)c1cn(Cc2ccc3ncc(Cl)cc3c2)c2ncccc12. The molecule has 0 radical (unpaired) electrons. The highest BCUT2D eigenvalue weighted by molar-refractivity contribution is 6.31. The van der Waals surface area contributed by atoms with Gasteiger partial charge < -0.3 is 36.8 Å². The molecule has 0 saturated heterocycles. The van der Waals surface area contributed by atoms with Crippen molar-refractivity contribution in [2.75, 3.05) is 11.5 Å². The highest BCUT2D eigenvalue weighted by Crippen LogP contribution is 2.26. The first kappa shape index (κ1) is 49.9. The molecular formula is C53H52Cl2N12O3. The fraction of sp³-hybridized carbons (Fsp3) is 0.170. The number of carboxylic acid groups (broad SMARTS) is 1. The Kier molecular flexibility index (Phi) is 15.4. The van der Waals surface area contributed by atoms with E-state index >= 15 is 0 Å². The molecule has 0 unspecified atom stereocenters. The van der Waals surface area contributed by atoms with Gasteiger partial charge >= 0.3 is 5.97 Å². The van der Waals surface area contributed by atoms with Gasteiger partial charge in [0.15, 0.2) is 0 Å². The van der Waals surface area contributed by atoms with Crippen LogP contribution in [-0.4, -0.2) is 56.0 Å². The number of amides is 1. The molecule has 8 heterocycles. The predicted octanol–water partition coefficient (Wildman–Crippen LogP) is 10.2. The molecule has 15 nitrogen and oxygen atoms in total. The van der Waals surface area contributed by atoms with E-state index in [0.717, 1.165) is 77.6 Å². The van der Waals surface area contributed by atoms with E-state index in [-0.39, 0.29) is 18.9 Å². The van der Waals surface area contributed by atoms with E-state index in [9.17, 15) is 14.7 Å². The molecule has 8 aromatic heterocycles. The van der Waals surface area contributed by atoms with Gasteiger partial charge in [0.2, 0.25) is 0 Å². The second kappa shape index (κ2) is 21.5. The molecule has 2 aromatic carbocycles. The first-order valence-electron chi connectivity index (χ1n) is 21.8. The molecule has 17 heteroatoms. The van der Waals surface area contributed by atoms with Crippen molar-refractivity contribution >= 4 is 90.6 Å². The first-order valence-corrected chi connectivity index (χ1v) is 22.5. The number of carboxylic acids is 1. The van der Waals surface area contributed by atoms with Gasteiger partial charge in [-0.2, -0.15) is 0 Å². The van der Waals surface area contributed by atoms with Crippen molar-refractivity contribution in [3.8, 4) is 0 Å². The van der Waals surface area contributed by atoms with E-state index < -0.39 is 5.97 Å². The number of halogens is 2. The number of benzene rings is 2. The monoisotopic (exact) mass is 974 g/mol. The zero-order chi connectivity index (χ0) is 48.9. The molecule has 0 aliphatic rings. The van der Waals surface area contributed by atoms with Crippen LogP contribution in [-0.2, 0) is 26.2 Å². The molecule has 0 fully saturated rings. The van der Waals surface area contributed by atoms with Gasteiger partial charge in [0.05, 0.1) is 32.2 Å². The highest BCUT2D eigenvalue weighted by atomic mass is 35.5. The van der Waals surface area contributed by atoms with Gasteiger partial charge in [0.1, 0.15) is 22.9 Å². The Morgan fingerprint density at radius 2 is 1.11 bits per heavy atom. The maximum absolute atomic E-state index is 13.2. The second-order valence-corrected chi connectivity index (χ2v) is 17.4. The van der Waals surface area contributed by atoms with Gasteiger partial charge in [-0.1, -0.05) is 42.8 Å².